The molecule has 0 bridgehead atoms. The van der Waals surface area contributed by atoms with Crippen molar-refractivity contribution >= 4 is 28.4 Å². The number of anilines is 2. The van der Waals surface area contributed by atoms with Gasteiger partial charge in [0.1, 0.15) is 23.8 Å². The molecule has 5 heterocycles. The summed E-state index contributed by atoms with van der Waals surface area (Å²) in [6.07, 6.45) is 6.32. The number of nitrogens with zero attached hydrogens (tertiary/aromatic N) is 8. The van der Waals surface area contributed by atoms with Crippen molar-refractivity contribution in [3.63, 3.8) is 0 Å². The number of amides is 1. The first kappa shape index (κ1) is 23.9. The fourth-order valence-electron chi connectivity index (χ4n) is 5.33. The van der Waals surface area contributed by atoms with Crippen LogP contribution in [0.1, 0.15) is 36.2 Å². The number of pyridine rings is 1. The second-order valence-electron chi connectivity index (χ2n) is 9.92. The molecule has 3 aromatic heterocycles. The standard InChI is InChI=1S/C28H27FN8O/c1-18-15-36(28(38)21-6-3-4-7-22(21)29)19(2)14-35(18)26-25-23(34-10-5-11-34)16-37(27(25)33-17-32-26)24-12-20(13-30)8-9-31-24/h3-4,6-9,12,16-19H,5,10-11,14-15H2,1-2H3/t18-,19+/m0/s1. The van der Waals surface area contributed by atoms with Gasteiger partial charge >= 0.3 is 0 Å². The number of aromatic nitrogens is 4. The van der Waals surface area contributed by atoms with Gasteiger partial charge in [0, 0.05) is 50.7 Å². The Hall–Kier alpha value is -4.52. The lowest BCUT2D eigenvalue weighted by molar-refractivity contribution is 0.0639. The van der Waals surface area contributed by atoms with Gasteiger partial charge in [-0.3, -0.25) is 9.36 Å². The van der Waals surface area contributed by atoms with Gasteiger partial charge in [0.15, 0.2) is 5.65 Å². The van der Waals surface area contributed by atoms with Gasteiger partial charge in [0.2, 0.25) is 0 Å². The van der Waals surface area contributed by atoms with Crippen LogP contribution in [0.5, 0.6) is 0 Å². The van der Waals surface area contributed by atoms with Crippen molar-refractivity contribution in [2.24, 2.45) is 0 Å². The summed E-state index contributed by atoms with van der Waals surface area (Å²) < 4.78 is 16.3. The van der Waals surface area contributed by atoms with Crippen LogP contribution < -0.4 is 9.80 Å². The zero-order chi connectivity index (χ0) is 26.4. The highest BCUT2D eigenvalue weighted by molar-refractivity contribution is 6.01. The van der Waals surface area contributed by atoms with Gasteiger partial charge in [-0.1, -0.05) is 12.1 Å². The SMILES string of the molecule is C[C@@H]1CN(c2ncnc3c2c(N2CCC2)cn3-c2cc(C#N)ccn2)[C@@H](C)CN1C(=O)c1ccccc1F. The van der Waals surface area contributed by atoms with E-state index in [-0.39, 0.29) is 23.6 Å². The first-order chi connectivity index (χ1) is 18.5. The summed E-state index contributed by atoms with van der Waals surface area (Å²) in [4.78, 5) is 33.4. The van der Waals surface area contributed by atoms with Crippen molar-refractivity contribution < 1.29 is 9.18 Å². The summed E-state index contributed by atoms with van der Waals surface area (Å²) in [5.41, 5.74) is 2.35. The lowest BCUT2D eigenvalue weighted by Crippen LogP contribution is -2.58. The number of benzene rings is 1. The molecule has 38 heavy (non-hydrogen) atoms. The van der Waals surface area contributed by atoms with Crippen LogP contribution in [0.15, 0.2) is 55.1 Å². The molecular weight excluding hydrogens is 483 g/mol. The smallest absolute Gasteiger partial charge is 0.257 e. The molecule has 0 spiro atoms. The number of piperazine rings is 1. The number of fused-ring (bicyclic) bond motifs is 1. The molecule has 0 unspecified atom stereocenters. The molecule has 2 atom stereocenters. The Morgan fingerprint density at radius 2 is 1.89 bits per heavy atom. The van der Waals surface area contributed by atoms with Crippen LogP contribution in [-0.2, 0) is 0 Å². The van der Waals surface area contributed by atoms with E-state index in [1.807, 2.05) is 17.7 Å². The van der Waals surface area contributed by atoms with Crippen LogP contribution in [0, 0.1) is 17.1 Å². The summed E-state index contributed by atoms with van der Waals surface area (Å²) in [6, 6.07) is 11.5. The zero-order valence-electron chi connectivity index (χ0n) is 21.3. The predicted octanol–water partition coefficient (Wildman–Crippen LogP) is 3.78. The molecule has 2 fully saturated rings. The molecule has 9 nitrogen and oxygen atoms in total. The van der Waals surface area contributed by atoms with Crippen molar-refractivity contribution in [3.05, 3.63) is 72.1 Å². The second kappa shape index (κ2) is 9.41. The van der Waals surface area contributed by atoms with E-state index in [2.05, 4.69) is 32.8 Å². The molecule has 0 aliphatic carbocycles. The molecule has 10 heteroatoms. The van der Waals surface area contributed by atoms with Gasteiger partial charge in [-0.2, -0.15) is 5.26 Å². The number of nitriles is 1. The molecular formula is C28H27FN8O. The molecule has 2 saturated heterocycles. The summed E-state index contributed by atoms with van der Waals surface area (Å²) >= 11 is 0. The lowest BCUT2D eigenvalue weighted by Gasteiger charge is -2.45. The summed E-state index contributed by atoms with van der Waals surface area (Å²) in [5.74, 6) is 0.606. The van der Waals surface area contributed by atoms with Gasteiger partial charge in [-0.25, -0.2) is 19.3 Å². The number of carbonyl (C=O) groups is 1. The number of hydrogen-bond acceptors (Lipinski definition) is 7. The van der Waals surface area contributed by atoms with E-state index in [1.165, 1.54) is 12.1 Å². The Kier molecular flexibility index (Phi) is 5.91. The maximum atomic E-state index is 14.4. The van der Waals surface area contributed by atoms with E-state index in [0.717, 1.165) is 36.4 Å². The minimum Gasteiger partial charge on any atom is -0.369 e. The highest BCUT2D eigenvalue weighted by atomic mass is 19.1. The van der Waals surface area contributed by atoms with Gasteiger partial charge in [0.25, 0.3) is 5.91 Å². The van der Waals surface area contributed by atoms with Gasteiger partial charge in [-0.05, 0) is 44.5 Å². The quantitative estimate of drug-likeness (QED) is 0.412. The minimum atomic E-state index is -0.508. The van der Waals surface area contributed by atoms with Crippen molar-refractivity contribution in [2.45, 2.75) is 32.4 Å². The molecule has 0 radical (unpaired) electrons. The molecule has 6 rings (SSSR count). The van der Waals surface area contributed by atoms with Crippen LogP contribution in [0.4, 0.5) is 15.9 Å². The third-order valence-corrected chi connectivity index (χ3v) is 7.48. The van der Waals surface area contributed by atoms with Gasteiger partial charge in [0.05, 0.1) is 28.3 Å². The molecule has 1 aromatic carbocycles. The lowest BCUT2D eigenvalue weighted by atomic mass is 10.0. The van der Waals surface area contributed by atoms with Crippen LogP contribution >= 0.6 is 0 Å². The Bertz CT molecular complexity index is 1570. The maximum absolute atomic E-state index is 14.4. The second-order valence-corrected chi connectivity index (χ2v) is 9.92. The zero-order valence-corrected chi connectivity index (χ0v) is 21.3. The minimum absolute atomic E-state index is 0.0624. The number of hydrogen-bond donors (Lipinski definition) is 0. The summed E-state index contributed by atoms with van der Waals surface area (Å²) in [6.45, 7) is 6.89. The van der Waals surface area contributed by atoms with Crippen molar-refractivity contribution in [2.75, 3.05) is 36.0 Å². The van der Waals surface area contributed by atoms with Crippen molar-refractivity contribution in [1.82, 2.24) is 24.4 Å². The van der Waals surface area contributed by atoms with Gasteiger partial charge < -0.3 is 14.7 Å². The van der Waals surface area contributed by atoms with Crippen LogP contribution in [0.2, 0.25) is 0 Å². The third-order valence-electron chi connectivity index (χ3n) is 7.48. The number of rotatable bonds is 4. The fraction of sp³-hybridized carbons (Fsp3) is 0.321. The van der Waals surface area contributed by atoms with E-state index in [0.29, 0.717) is 30.1 Å². The van der Waals surface area contributed by atoms with E-state index < -0.39 is 5.82 Å². The Morgan fingerprint density at radius 3 is 2.63 bits per heavy atom. The maximum Gasteiger partial charge on any atom is 0.257 e. The van der Waals surface area contributed by atoms with Crippen LogP contribution in [-0.4, -0.2) is 68.6 Å². The van der Waals surface area contributed by atoms with E-state index in [4.69, 9.17) is 4.98 Å². The van der Waals surface area contributed by atoms with Crippen molar-refractivity contribution in [1.29, 1.82) is 5.26 Å². The van der Waals surface area contributed by atoms with E-state index in [9.17, 15) is 14.4 Å². The molecule has 0 N–H and O–H groups in total. The Balaban J connectivity index is 1.40. The van der Waals surface area contributed by atoms with E-state index >= 15 is 0 Å². The number of halogens is 1. The number of carbonyl (C=O) groups excluding carboxylic acids is 1. The van der Waals surface area contributed by atoms with Crippen LogP contribution in [0.3, 0.4) is 0 Å². The predicted molar refractivity (Wildman–Crippen MR) is 142 cm³/mol. The Labute approximate surface area is 219 Å². The highest BCUT2D eigenvalue weighted by Gasteiger charge is 2.36. The molecule has 4 aromatic rings. The normalized spacial score (nSPS) is 19.4. The highest BCUT2D eigenvalue weighted by Crippen LogP contribution is 2.39. The first-order valence-electron chi connectivity index (χ1n) is 12.8. The summed E-state index contributed by atoms with van der Waals surface area (Å²) in [5, 5.41) is 10.3. The van der Waals surface area contributed by atoms with E-state index in [1.54, 1.807) is 41.7 Å². The molecule has 1 amide bonds. The molecule has 0 saturated carbocycles. The average Bonchev–Trinajstić information content (AvgIpc) is 3.28. The van der Waals surface area contributed by atoms with Crippen molar-refractivity contribution in [3.8, 4) is 11.9 Å². The molecule has 2 aliphatic heterocycles. The Morgan fingerprint density at radius 1 is 1.08 bits per heavy atom. The fourth-order valence-corrected chi connectivity index (χ4v) is 5.33. The van der Waals surface area contributed by atoms with Crippen LogP contribution in [0.25, 0.3) is 16.9 Å². The molecule has 2 aliphatic rings. The average molecular weight is 511 g/mol. The molecule has 192 valence electrons. The first-order valence-corrected chi connectivity index (χ1v) is 12.8. The largest absolute Gasteiger partial charge is 0.369 e. The third kappa shape index (κ3) is 3.91. The topological polar surface area (TPSA) is 94.2 Å². The summed E-state index contributed by atoms with van der Waals surface area (Å²) in [7, 11) is 0. The monoisotopic (exact) mass is 510 g/mol. The van der Waals surface area contributed by atoms with Gasteiger partial charge in [-0.15, -0.1) is 0 Å².